The smallest absolute Gasteiger partial charge is 0.140 e. The number of nitrogens with zero attached hydrogens (tertiary/aromatic N) is 1. The Morgan fingerprint density at radius 3 is 3.08 bits per heavy atom. The van der Waals surface area contributed by atoms with Crippen LogP contribution in [0.15, 0.2) is 35.5 Å². The SMILES string of the molecule is C=CC(C)Nc1ncccc1Br. The van der Waals surface area contributed by atoms with Crippen LogP contribution >= 0.6 is 15.9 Å². The molecule has 1 heterocycles. The summed E-state index contributed by atoms with van der Waals surface area (Å²) in [6.07, 6.45) is 3.59. The fraction of sp³-hybridized carbons (Fsp3) is 0.222. The molecule has 12 heavy (non-hydrogen) atoms. The molecule has 3 heteroatoms. The highest BCUT2D eigenvalue weighted by Crippen LogP contribution is 2.18. The van der Waals surface area contributed by atoms with Crippen molar-refractivity contribution < 1.29 is 0 Å². The zero-order chi connectivity index (χ0) is 8.97. The Hall–Kier alpha value is -0.830. The highest BCUT2D eigenvalue weighted by molar-refractivity contribution is 9.10. The maximum absolute atomic E-state index is 4.16. The van der Waals surface area contributed by atoms with E-state index in [2.05, 4.69) is 32.8 Å². The molecule has 1 rings (SSSR count). The molecule has 0 saturated carbocycles. The van der Waals surface area contributed by atoms with Gasteiger partial charge in [-0.2, -0.15) is 0 Å². The number of nitrogens with one attached hydrogen (secondary N) is 1. The Balaban J connectivity index is 2.75. The van der Waals surface area contributed by atoms with E-state index in [1.54, 1.807) is 6.20 Å². The van der Waals surface area contributed by atoms with Crippen LogP contribution in [-0.2, 0) is 0 Å². The second-order valence-electron chi connectivity index (χ2n) is 2.50. The van der Waals surface area contributed by atoms with Crippen molar-refractivity contribution in [3.8, 4) is 0 Å². The van der Waals surface area contributed by atoms with Crippen molar-refractivity contribution in [3.05, 3.63) is 35.5 Å². The minimum absolute atomic E-state index is 0.233. The molecule has 0 amide bonds. The van der Waals surface area contributed by atoms with Gasteiger partial charge in [-0.15, -0.1) is 6.58 Å². The lowest BCUT2D eigenvalue weighted by Crippen LogP contribution is -2.12. The molecule has 0 spiro atoms. The van der Waals surface area contributed by atoms with Crippen molar-refractivity contribution in [3.63, 3.8) is 0 Å². The van der Waals surface area contributed by atoms with Crippen molar-refractivity contribution in [2.24, 2.45) is 0 Å². The third-order valence-electron chi connectivity index (χ3n) is 1.48. The maximum Gasteiger partial charge on any atom is 0.140 e. The minimum Gasteiger partial charge on any atom is -0.363 e. The van der Waals surface area contributed by atoms with Gasteiger partial charge in [0.2, 0.25) is 0 Å². The fourth-order valence-electron chi connectivity index (χ4n) is 0.766. The van der Waals surface area contributed by atoms with Gasteiger partial charge in [-0.05, 0) is 35.0 Å². The first kappa shape index (κ1) is 9.26. The molecule has 0 bridgehead atoms. The van der Waals surface area contributed by atoms with Gasteiger partial charge in [-0.3, -0.25) is 0 Å². The number of pyridine rings is 1. The van der Waals surface area contributed by atoms with Gasteiger partial charge in [0.05, 0.1) is 4.47 Å². The van der Waals surface area contributed by atoms with Crippen LogP contribution in [0.25, 0.3) is 0 Å². The van der Waals surface area contributed by atoms with E-state index in [0.717, 1.165) is 10.3 Å². The average Bonchev–Trinajstić information content (AvgIpc) is 2.09. The Bertz CT molecular complexity index is 273. The van der Waals surface area contributed by atoms with Crippen LogP contribution in [0.1, 0.15) is 6.92 Å². The molecule has 0 aliphatic heterocycles. The number of aromatic nitrogens is 1. The van der Waals surface area contributed by atoms with Crippen LogP contribution in [0.5, 0.6) is 0 Å². The van der Waals surface area contributed by atoms with E-state index in [1.165, 1.54) is 0 Å². The van der Waals surface area contributed by atoms with Gasteiger partial charge >= 0.3 is 0 Å². The molecule has 0 aromatic carbocycles. The topological polar surface area (TPSA) is 24.9 Å². The van der Waals surface area contributed by atoms with Crippen molar-refractivity contribution in [1.82, 2.24) is 4.98 Å². The summed E-state index contributed by atoms with van der Waals surface area (Å²) in [6, 6.07) is 4.06. The first-order chi connectivity index (χ1) is 5.74. The van der Waals surface area contributed by atoms with Gasteiger partial charge in [0.1, 0.15) is 5.82 Å². The maximum atomic E-state index is 4.16. The van der Waals surface area contributed by atoms with Gasteiger partial charge in [0.15, 0.2) is 0 Å². The predicted molar refractivity (Wildman–Crippen MR) is 55.2 cm³/mol. The lowest BCUT2D eigenvalue weighted by atomic mass is 10.3. The Labute approximate surface area is 80.8 Å². The zero-order valence-electron chi connectivity index (χ0n) is 6.92. The molecule has 0 aliphatic rings. The molecule has 1 N–H and O–H groups in total. The van der Waals surface area contributed by atoms with Gasteiger partial charge < -0.3 is 5.32 Å². The van der Waals surface area contributed by atoms with Gasteiger partial charge in [-0.25, -0.2) is 4.98 Å². The number of anilines is 1. The highest BCUT2D eigenvalue weighted by Gasteiger charge is 2.00. The van der Waals surface area contributed by atoms with Crippen LogP contribution in [0.4, 0.5) is 5.82 Å². The molecule has 1 atom stereocenters. The normalized spacial score (nSPS) is 12.2. The Kier molecular flexibility index (Phi) is 3.29. The number of hydrogen-bond donors (Lipinski definition) is 1. The zero-order valence-corrected chi connectivity index (χ0v) is 8.51. The van der Waals surface area contributed by atoms with Gasteiger partial charge in [0, 0.05) is 12.2 Å². The lowest BCUT2D eigenvalue weighted by molar-refractivity contribution is 0.981. The summed E-state index contributed by atoms with van der Waals surface area (Å²) in [6.45, 7) is 5.70. The second kappa shape index (κ2) is 4.26. The van der Waals surface area contributed by atoms with Crippen molar-refractivity contribution in [2.45, 2.75) is 13.0 Å². The van der Waals surface area contributed by atoms with Gasteiger partial charge in [-0.1, -0.05) is 6.08 Å². The van der Waals surface area contributed by atoms with Crippen LogP contribution in [0.2, 0.25) is 0 Å². The number of rotatable bonds is 3. The summed E-state index contributed by atoms with van der Waals surface area (Å²) >= 11 is 3.39. The standard InChI is InChI=1S/C9H11BrN2/c1-3-7(2)12-9-8(10)5-4-6-11-9/h3-7H,1H2,2H3,(H,11,12). The van der Waals surface area contributed by atoms with E-state index in [4.69, 9.17) is 0 Å². The van der Waals surface area contributed by atoms with Gasteiger partial charge in [0.25, 0.3) is 0 Å². The Morgan fingerprint density at radius 1 is 1.75 bits per heavy atom. The summed E-state index contributed by atoms with van der Waals surface area (Å²) in [7, 11) is 0. The Morgan fingerprint density at radius 2 is 2.50 bits per heavy atom. The van der Waals surface area contributed by atoms with E-state index in [9.17, 15) is 0 Å². The largest absolute Gasteiger partial charge is 0.363 e. The summed E-state index contributed by atoms with van der Waals surface area (Å²) < 4.78 is 0.971. The molecular weight excluding hydrogens is 216 g/mol. The summed E-state index contributed by atoms with van der Waals surface area (Å²) in [5.41, 5.74) is 0. The molecular formula is C9H11BrN2. The minimum atomic E-state index is 0.233. The molecule has 1 unspecified atom stereocenters. The molecule has 64 valence electrons. The average molecular weight is 227 g/mol. The first-order valence-corrected chi connectivity index (χ1v) is 4.53. The van der Waals surface area contributed by atoms with E-state index < -0.39 is 0 Å². The van der Waals surface area contributed by atoms with E-state index >= 15 is 0 Å². The molecule has 1 aromatic heterocycles. The fourth-order valence-corrected chi connectivity index (χ4v) is 1.14. The molecule has 0 fully saturated rings. The van der Waals surface area contributed by atoms with Crippen molar-refractivity contribution in [1.29, 1.82) is 0 Å². The monoisotopic (exact) mass is 226 g/mol. The number of hydrogen-bond acceptors (Lipinski definition) is 2. The lowest BCUT2D eigenvalue weighted by Gasteiger charge is -2.10. The van der Waals surface area contributed by atoms with Crippen LogP contribution in [0, 0.1) is 0 Å². The van der Waals surface area contributed by atoms with Crippen LogP contribution in [-0.4, -0.2) is 11.0 Å². The third-order valence-corrected chi connectivity index (χ3v) is 2.12. The first-order valence-electron chi connectivity index (χ1n) is 3.73. The molecule has 0 aliphatic carbocycles. The summed E-state index contributed by atoms with van der Waals surface area (Å²) in [5.74, 6) is 0.852. The van der Waals surface area contributed by atoms with E-state index in [-0.39, 0.29) is 6.04 Å². The van der Waals surface area contributed by atoms with Crippen molar-refractivity contribution in [2.75, 3.05) is 5.32 Å². The van der Waals surface area contributed by atoms with E-state index in [0.29, 0.717) is 0 Å². The van der Waals surface area contributed by atoms with E-state index in [1.807, 2.05) is 25.1 Å². The second-order valence-corrected chi connectivity index (χ2v) is 3.36. The summed E-state index contributed by atoms with van der Waals surface area (Å²) in [4.78, 5) is 4.16. The van der Waals surface area contributed by atoms with Crippen LogP contribution in [0.3, 0.4) is 0 Å². The highest BCUT2D eigenvalue weighted by atomic mass is 79.9. The number of halogens is 1. The molecule has 0 saturated heterocycles. The van der Waals surface area contributed by atoms with Crippen LogP contribution < -0.4 is 5.32 Å². The summed E-state index contributed by atoms with van der Waals surface area (Å²) in [5, 5.41) is 3.18. The van der Waals surface area contributed by atoms with Crippen molar-refractivity contribution >= 4 is 21.7 Å². The molecule has 0 radical (unpaired) electrons. The molecule has 2 nitrogen and oxygen atoms in total. The third kappa shape index (κ3) is 2.34. The quantitative estimate of drug-likeness (QED) is 0.803. The predicted octanol–water partition coefficient (Wildman–Crippen LogP) is 2.83. The molecule has 1 aromatic rings.